The number of ether oxygens (including phenoxy) is 3. The Labute approximate surface area is 118 Å². The summed E-state index contributed by atoms with van der Waals surface area (Å²) in [7, 11) is 3.03. The van der Waals surface area contributed by atoms with Crippen molar-refractivity contribution < 1.29 is 23.8 Å². The second kappa shape index (κ2) is 8.04. The third kappa shape index (κ3) is 4.79. The summed E-state index contributed by atoms with van der Waals surface area (Å²) in [5.41, 5.74) is 0.491. The highest BCUT2D eigenvalue weighted by Crippen LogP contribution is 2.28. The summed E-state index contributed by atoms with van der Waals surface area (Å²) < 4.78 is 15.0. The minimum Gasteiger partial charge on any atom is -0.497 e. The van der Waals surface area contributed by atoms with Gasteiger partial charge in [-0.3, -0.25) is 9.59 Å². The van der Waals surface area contributed by atoms with Crippen LogP contribution in [0.25, 0.3) is 0 Å². The van der Waals surface area contributed by atoms with Crippen molar-refractivity contribution >= 4 is 17.6 Å². The Balaban J connectivity index is 2.59. The monoisotopic (exact) mass is 281 g/mol. The van der Waals surface area contributed by atoms with Gasteiger partial charge in [0.15, 0.2) is 6.61 Å². The molecule has 0 aromatic heterocycles. The molecule has 1 rings (SSSR count). The van der Waals surface area contributed by atoms with Crippen molar-refractivity contribution in [2.24, 2.45) is 0 Å². The van der Waals surface area contributed by atoms with Crippen LogP contribution in [-0.2, 0) is 14.3 Å². The third-order valence-electron chi connectivity index (χ3n) is 2.50. The van der Waals surface area contributed by atoms with Crippen LogP contribution in [0.15, 0.2) is 18.2 Å². The summed E-state index contributed by atoms with van der Waals surface area (Å²) in [6.07, 6.45) is 0.992. The van der Waals surface area contributed by atoms with Gasteiger partial charge in [0.2, 0.25) is 0 Å². The van der Waals surface area contributed by atoms with Gasteiger partial charge in [0.25, 0.3) is 5.91 Å². The molecule has 0 aliphatic rings. The van der Waals surface area contributed by atoms with Gasteiger partial charge in [0.1, 0.15) is 11.5 Å². The number of anilines is 1. The van der Waals surface area contributed by atoms with Crippen LogP contribution < -0.4 is 14.8 Å². The largest absolute Gasteiger partial charge is 0.497 e. The fourth-order valence-corrected chi connectivity index (χ4v) is 1.51. The van der Waals surface area contributed by atoms with E-state index in [-0.39, 0.29) is 12.6 Å². The first-order valence-corrected chi connectivity index (χ1v) is 6.28. The highest BCUT2D eigenvalue weighted by atomic mass is 16.5. The fourth-order valence-electron chi connectivity index (χ4n) is 1.51. The van der Waals surface area contributed by atoms with Gasteiger partial charge in [0, 0.05) is 12.5 Å². The van der Waals surface area contributed by atoms with Crippen molar-refractivity contribution in [2.45, 2.75) is 19.8 Å². The third-order valence-corrected chi connectivity index (χ3v) is 2.50. The molecule has 0 bridgehead atoms. The van der Waals surface area contributed by atoms with Crippen LogP contribution in [0.4, 0.5) is 5.69 Å². The van der Waals surface area contributed by atoms with Crippen molar-refractivity contribution in [1.29, 1.82) is 0 Å². The molecule has 0 unspecified atom stereocenters. The number of methoxy groups -OCH3 is 2. The van der Waals surface area contributed by atoms with Crippen molar-refractivity contribution in [3.63, 3.8) is 0 Å². The fraction of sp³-hybridized carbons (Fsp3) is 0.429. The summed E-state index contributed by atoms with van der Waals surface area (Å²) >= 11 is 0. The minimum atomic E-state index is -0.419. The van der Waals surface area contributed by atoms with E-state index in [1.807, 2.05) is 6.92 Å². The van der Waals surface area contributed by atoms with Crippen LogP contribution in [0.2, 0.25) is 0 Å². The first-order valence-electron chi connectivity index (χ1n) is 6.28. The number of benzene rings is 1. The lowest BCUT2D eigenvalue weighted by Gasteiger charge is -2.11. The average molecular weight is 281 g/mol. The number of nitrogens with one attached hydrogen (secondary N) is 1. The Bertz CT molecular complexity index is 473. The molecule has 6 heteroatoms. The number of rotatable bonds is 7. The van der Waals surface area contributed by atoms with Crippen molar-refractivity contribution in [1.82, 2.24) is 0 Å². The van der Waals surface area contributed by atoms with Crippen LogP contribution in [-0.4, -0.2) is 32.7 Å². The van der Waals surface area contributed by atoms with E-state index in [1.54, 1.807) is 25.3 Å². The number of esters is 1. The van der Waals surface area contributed by atoms with Gasteiger partial charge in [-0.05, 0) is 18.6 Å². The summed E-state index contributed by atoms with van der Waals surface area (Å²) in [4.78, 5) is 22.8. The van der Waals surface area contributed by atoms with E-state index in [2.05, 4.69) is 5.32 Å². The zero-order chi connectivity index (χ0) is 15.0. The molecule has 0 aliphatic carbocycles. The maximum absolute atomic E-state index is 11.7. The Hall–Kier alpha value is -2.24. The highest BCUT2D eigenvalue weighted by Gasteiger charge is 2.10. The van der Waals surface area contributed by atoms with Gasteiger partial charge in [-0.25, -0.2) is 0 Å². The van der Waals surface area contributed by atoms with Crippen LogP contribution in [0.5, 0.6) is 11.5 Å². The number of amides is 1. The normalized spacial score (nSPS) is 9.75. The van der Waals surface area contributed by atoms with E-state index in [4.69, 9.17) is 14.2 Å². The number of hydrogen-bond acceptors (Lipinski definition) is 5. The van der Waals surface area contributed by atoms with Crippen molar-refractivity contribution in [3.05, 3.63) is 18.2 Å². The molecular formula is C14H19NO5. The molecule has 110 valence electrons. The van der Waals surface area contributed by atoms with Crippen LogP contribution >= 0.6 is 0 Å². The van der Waals surface area contributed by atoms with Crippen molar-refractivity contribution in [2.75, 3.05) is 26.1 Å². The number of carbonyl (C=O) groups is 2. The molecule has 0 fully saturated rings. The predicted octanol–water partition coefficient (Wildman–Crippen LogP) is 1.99. The lowest BCUT2D eigenvalue weighted by atomic mass is 10.2. The smallest absolute Gasteiger partial charge is 0.306 e. The lowest BCUT2D eigenvalue weighted by molar-refractivity contribution is -0.147. The Morgan fingerprint density at radius 2 is 1.95 bits per heavy atom. The molecule has 0 heterocycles. The zero-order valence-electron chi connectivity index (χ0n) is 11.9. The van der Waals surface area contributed by atoms with Crippen molar-refractivity contribution in [3.8, 4) is 11.5 Å². The van der Waals surface area contributed by atoms with Gasteiger partial charge < -0.3 is 19.5 Å². The SMILES string of the molecule is CCCC(=O)OCC(=O)Nc1ccc(OC)cc1OC. The summed E-state index contributed by atoms with van der Waals surface area (Å²) in [5.74, 6) is 0.286. The molecule has 0 saturated carbocycles. The molecule has 0 spiro atoms. The highest BCUT2D eigenvalue weighted by molar-refractivity contribution is 5.94. The van der Waals surface area contributed by atoms with E-state index >= 15 is 0 Å². The first kappa shape index (κ1) is 15.8. The molecule has 0 radical (unpaired) electrons. The van der Waals surface area contributed by atoms with Gasteiger partial charge in [-0.1, -0.05) is 6.92 Å². The summed E-state index contributed by atoms with van der Waals surface area (Å²) in [6.45, 7) is 1.55. The molecule has 1 N–H and O–H groups in total. The van der Waals surface area contributed by atoms with E-state index < -0.39 is 5.91 Å². The predicted molar refractivity (Wildman–Crippen MR) is 74.0 cm³/mol. The van der Waals surface area contributed by atoms with E-state index in [9.17, 15) is 9.59 Å². The quantitative estimate of drug-likeness (QED) is 0.774. The zero-order valence-corrected chi connectivity index (χ0v) is 11.9. The van der Waals surface area contributed by atoms with Gasteiger partial charge in [0.05, 0.1) is 19.9 Å². The lowest BCUT2D eigenvalue weighted by Crippen LogP contribution is -2.21. The average Bonchev–Trinajstić information content (AvgIpc) is 2.46. The molecular weight excluding hydrogens is 262 g/mol. The summed E-state index contributed by atoms with van der Waals surface area (Å²) in [6, 6.07) is 5.00. The maximum Gasteiger partial charge on any atom is 0.306 e. The van der Waals surface area contributed by atoms with Gasteiger partial charge in [-0.2, -0.15) is 0 Å². The van der Waals surface area contributed by atoms with Gasteiger partial charge in [-0.15, -0.1) is 0 Å². The molecule has 1 aromatic rings. The Kier molecular flexibility index (Phi) is 6.36. The van der Waals surface area contributed by atoms with E-state index in [1.165, 1.54) is 7.11 Å². The van der Waals surface area contributed by atoms with Crippen LogP contribution in [0.3, 0.4) is 0 Å². The Morgan fingerprint density at radius 3 is 2.55 bits per heavy atom. The second-order valence-electron chi connectivity index (χ2n) is 4.03. The van der Waals surface area contributed by atoms with E-state index in [0.717, 1.165) is 0 Å². The number of hydrogen-bond donors (Lipinski definition) is 1. The maximum atomic E-state index is 11.7. The Morgan fingerprint density at radius 1 is 1.20 bits per heavy atom. The van der Waals surface area contributed by atoms with E-state index in [0.29, 0.717) is 30.0 Å². The molecule has 6 nitrogen and oxygen atoms in total. The molecule has 0 saturated heterocycles. The molecule has 1 amide bonds. The van der Waals surface area contributed by atoms with Crippen LogP contribution in [0.1, 0.15) is 19.8 Å². The molecule has 20 heavy (non-hydrogen) atoms. The molecule has 0 aliphatic heterocycles. The minimum absolute atomic E-state index is 0.305. The molecule has 0 atom stereocenters. The number of carbonyl (C=O) groups excluding carboxylic acids is 2. The second-order valence-corrected chi connectivity index (χ2v) is 4.03. The topological polar surface area (TPSA) is 73.9 Å². The van der Waals surface area contributed by atoms with Gasteiger partial charge >= 0.3 is 5.97 Å². The standard InChI is InChI=1S/C14H19NO5/c1-4-5-14(17)20-9-13(16)15-11-7-6-10(18-2)8-12(11)19-3/h6-8H,4-5,9H2,1-3H3,(H,15,16). The first-order chi connectivity index (χ1) is 9.60. The molecule has 1 aromatic carbocycles. The van der Waals surface area contributed by atoms with Crippen LogP contribution in [0, 0.1) is 0 Å². The summed E-state index contributed by atoms with van der Waals surface area (Å²) in [5, 5.41) is 2.61.